The Morgan fingerprint density at radius 2 is 1.27 bits per heavy atom. The average Bonchev–Trinajstić information content (AvgIpc) is 3.57. The third-order valence-corrected chi connectivity index (χ3v) is 8.11. The van der Waals surface area contributed by atoms with Crippen LogP contribution >= 0.6 is 13.5 Å². The minimum atomic E-state index is 0. The van der Waals surface area contributed by atoms with E-state index in [4.69, 9.17) is 0 Å². The number of hydrogen-bond acceptors (Lipinski definition) is 1. The van der Waals surface area contributed by atoms with Crippen molar-refractivity contribution in [2.45, 2.75) is 26.2 Å². The first-order valence-electron chi connectivity index (χ1n) is 14.3. The SMILES string of the molecule is C1=CCC2C(=C1)N(c1ccccc1)c1ccc(-c3ccc(-c4ccc5[nH]c6ccccc6c5c4)cc3)cc12.CC.S. The van der Waals surface area contributed by atoms with Crippen molar-refractivity contribution in [3.8, 4) is 22.3 Å². The van der Waals surface area contributed by atoms with Gasteiger partial charge >= 0.3 is 0 Å². The lowest BCUT2D eigenvalue weighted by atomic mass is 9.90. The number of aromatic nitrogens is 1. The van der Waals surface area contributed by atoms with Gasteiger partial charge in [-0.3, -0.25) is 0 Å². The van der Waals surface area contributed by atoms with Gasteiger partial charge in [-0.1, -0.05) is 98.8 Å². The summed E-state index contributed by atoms with van der Waals surface area (Å²) in [5.74, 6) is 0.400. The highest BCUT2D eigenvalue weighted by atomic mass is 32.1. The average molecular weight is 551 g/mol. The van der Waals surface area contributed by atoms with Gasteiger partial charge in [-0.25, -0.2) is 0 Å². The first-order chi connectivity index (χ1) is 19.8. The van der Waals surface area contributed by atoms with Crippen molar-refractivity contribution in [1.82, 2.24) is 4.98 Å². The first-order valence-corrected chi connectivity index (χ1v) is 14.3. The second-order valence-electron chi connectivity index (χ2n) is 10.3. The van der Waals surface area contributed by atoms with Gasteiger partial charge in [0.15, 0.2) is 0 Å². The van der Waals surface area contributed by atoms with Crippen molar-refractivity contribution in [3.05, 3.63) is 145 Å². The molecule has 2 heterocycles. The van der Waals surface area contributed by atoms with E-state index in [1.54, 1.807) is 0 Å². The molecular formula is C38H34N2S. The van der Waals surface area contributed by atoms with E-state index in [-0.39, 0.29) is 13.5 Å². The fraction of sp³-hybridized carbons (Fsp3) is 0.105. The molecule has 5 aromatic carbocycles. The summed E-state index contributed by atoms with van der Waals surface area (Å²) in [7, 11) is 0. The highest BCUT2D eigenvalue weighted by molar-refractivity contribution is 7.59. The zero-order chi connectivity index (χ0) is 27.1. The molecule has 6 aromatic rings. The Labute approximate surface area is 249 Å². The van der Waals surface area contributed by atoms with Crippen molar-refractivity contribution < 1.29 is 0 Å². The van der Waals surface area contributed by atoms with Crippen molar-refractivity contribution in [2.24, 2.45) is 0 Å². The van der Waals surface area contributed by atoms with Crippen LogP contribution in [0.2, 0.25) is 0 Å². The Morgan fingerprint density at radius 3 is 2.05 bits per heavy atom. The van der Waals surface area contributed by atoms with Crippen molar-refractivity contribution in [3.63, 3.8) is 0 Å². The van der Waals surface area contributed by atoms with E-state index in [1.807, 2.05) is 13.8 Å². The molecule has 41 heavy (non-hydrogen) atoms. The molecule has 1 aliphatic heterocycles. The third-order valence-electron chi connectivity index (χ3n) is 8.11. The van der Waals surface area contributed by atoms with Crippen molar-refractivity contribution >= 4 is 46.7 Å². The molecular weight excluding hydrogens is 516 g/mol. The molecule has 0 amide bonds. The number of anilines is 2. The van der Waals surface area contributed by atoms with Gasteiger partial charge in [-0.15, -0.1) is 0 Å². The monoisotopic (exact) mass is 550 g/mol. The first kappa shape index (κ1) is 26.7. The van der Waals surface area contributed by atoms with Crippen LogP contribution in [0.3, 0.4) is 0 Å². The maximum atomic E-state index is 3.53. The minimum Gasteiger partial charge on any atom is -0.355 e. The molecule has 0 saturated carbocycles. The molecule has 8 rings (SSSR count). The van der Waals surface area contributed by atoms with Crippen LogP contribution in [0, 0.1) is 0 Å². The lowest BCUT2D eigenvalue weighted by Gasteiger charge is -2.24. The van der Waals surface area contributed by atoms with Crippen LogP contribution in [0.25, 0.3) is 44.1 Å². The van der Waals surface area contributed by atoms with Gasteiger partial charge in [0, 0.05) is 44.8 Å². The number of H-pyrrole nitrogens is 1. The zero-order valence-electron chi connectivity index (χ0n) is 23.4. The summed E-state index contributed by atoms with van der Waals surface area (Å²) in [5, 5.41) is 2.55. The maximum absolute atomic E-state index is 3.53. The van der Waals surface area contributed by atoms with Crippen LogP contribution in [0.5, 0.6) is 0 Å². The molecule has 1 aromatic heterocycles. The number of nitrogens with zero attached hydrogens (tertiary/aromatic N) is 1. The van der Waals surface area contributed by atoms with Crippen LogP contribution in [-0.4, -0.2) is 4.98 Å². The number of rotatable bonds is 3. The van der Waals surface area contributed by atoms with E-state index in [1.165, 1.54) is 66.7 Å². The number of nitrogens with one attached hydrogen (secondary N) is 1. The molecule has 1 aliphatic carbocycles. The second kappa shape index (κ2) is 11.2. The Hall–Kier alpha value is -4.47. The van der Waals surface area contributed by atoms with E-state index in [9.17, 15) is 0 Å². The largest absolute Gasteiger partial charge is 0.355 e. The Balaban J connectivity index is 0.000000987. The summed E-state index contributed by atoms with van der Waals surface area (Å²) in [6, 6.07) is 42.0. The van der Waals surface area contributed by atoms with Crippen molar-refractivity contribution in [2.75, 3.05) is 4.90 Å². The van der Waals surface area contributed by atoms with E-state index in [0.29, 0.717) is 5.92 Å². The van der Waals surface area contributed by atoms with E-state index in [0.717, 1.165) is 6.42 Å². The van der Waals surface area contributed by atoms with Crippen LogP contribution in [0.4, 0.5) is 11.4 Å². The Kier molecular flexibility index (Phi) is 7.30. The summed E-state index contributed by atoms with van der Waals surface area (Å²) in [5.41, 5.74) is 12.7. The zero-order valence-corrected chi connectivity index (χ0v) is 24.4. The molecule has 1 atom stereocenters. The van der Waals surface area contributed by atoms with Gasteiger partial charge < -0.3 is 9.88 Å². The predicted octanol–water partition coefficient (Wildman–Crippen LogP) is 10.9. The number of benzene rings is 5. The second-order valence-corrected chi connectivity index (χ2v) is 10.3. The van der Waals surface area contributed by atoms with Crippen molar-refractivity contribution in [1.29, 1.82) is 0 Å². The number of allylic oxidation sites excluding steroid dienone is 4. The minimum absolute atomic E-state index is 0. The van der Waals surface area contributed by atoms with Gasteiger partial charge in [0.25, 0.3) is 0 Å². The molecule has 0 radical (unpaired) electrons. The van der Waals surface area contributed by atoms with E-state index < -0.39 is 0 Å². The van der Waals surface area contributed by atoms with Crippen LogP contribution in [0.1, 0.15) is 31.7 Å². The van der Waals surface area contributed by atoms with E-state index in [2.05, 4.69) is 143 Å². The van der Waals surface area contributed by atoms with Gasteiger partial charge in [0.1, 0.15) is 0 Å². The Morgan fingerprint density at radius 1 is 0.634 bits per heavy atom. The van der Waals surface area contributed by atoms with Gasteiger partial charge in [0.05, 0.1) is 0 Å². The summed E-state index contributed by atoms with van der Waals surface area (Å²) in [4.78, 5) is 5.96. The topological polar surface area (TPSA) is 19.0 Å². The summed E-state index contributed by atoms with van der Waals surface area (Å²) >= 11 is 0. The van der Waals surface area contributed by atoms with Gasteiger partial charge in [-0.05, 0) is 82.8 Å². The van der Waals surface area contributed by atoms with Gasteiger partial charge in [0.2, 0.25) is 0 Å². The molecule has 1 N–H and O–H groups in total. The van der Waals surface area contributed by atoms with Gasteiger partial charge in [-0.2, -0.15) is 13.5 Å². The quantitative estimate of drug-likeness (QED) is 0.232. The fourth-order valence-corrected chi connectivity index (χ4v) is 6.24. The molecule has 0 saturated heterocycles. The lowest BCUT2D eigenvalue weighted by molar-refractivity contribution is 0.820. The maximum Gasteiger partial charge on any atom is 0.0497 e. The molecule has 1 unspecified atom stereocenters. The fourth-order valence-electron chi connectivity index (χ4n) is 6.24. The highest BCUT2D eigenvalue weighted by Gasteiger charge is 2.34. The molecule has 3 heteroatoms. The Bertz CT molecular complexity index is 1890. The lowest BCUT2D eigenvalue weighted by Crippen LogP contribution is -2.14. The standard InChI is InChI=1S/C36H26N2.C2H6.H2S/c1-2-8-28(9-3-1)38-35-13-7-5-11-30(35)32-23-27(19-21-36(32)38)25-16-14-24(15-17-25)26-18-20-34-31(22-26)29-10-4-6-12-33(29)37-34;1-2;/h1-10,12-23,30,37H,11H2;1-2H3;1H2. The number of hydrogen-bond donors (Lipinski definition) is 1. The molecule has 0 fully saturated rings. The van der Waals surface area contributed by atoms with Crippen LogP contribution in [-0.2, 0) is 0 Å². The molecule has 202 valence electrons. The summed E-state index contributed by atoms with van der Waals surface area (Å²) in [6.45, 7) is 4.00. The molecule has 2 aliphatic rings. The summed E-state index contributed by atoms with van der Waals surface area (Å²) in [6.07, 6.45) is 7.81. The smallest absolute Gasteiger partial charge is 0.0497 e. The normalized spacial score (nSPS) is 15.0. The number of aromatic amines is 1. The number of fused-ring (bicyclic) bond motifs is 6. The number of para-hydroxylation sites is 2. The van der Waals surface area contributed by atoms with E-state index >= 15 is 0 Å². The highest BCUT2D eigenvalue weighted by Crippen LogP contribution is 2.51. The molecule has 0 spiro atoms. The van der Waals surface area contributed by atoms with Crippen LogP contribution < -0.4 is 4.90 Å². The molecule has 0 bridgehead atoms. The molecule has 2 nitrogen and oxygen atoms in total. The van der Waals surface area contributed by atoms with Crippen LogP contribution in [0.15, 0.2) is 139 Å². The summed E-state index contributed by atoms with van der Waals surface area (Å²) < 4.78 is 0. The third kappa shape index (κ3) is 4.57. The predicted molar refractivity (Wildman–Crippen MR) is 182 cm³/mol.